The summed E-state index contributed by atoms with van der Waals surface area (Å²) in [6.45, 7) is 1.89. The molecule has 0 fully saturated rings. The zero-order chi connectivity index (χ0) is 17.1. The number of rotatable bonds is 3. The van der Waals surface area contributed by atoms with E-state index in [1.165, 1.54) is 4.90 Å². The van der Waals surface area contributed by atoms with Gasteiger partial charge in [0.2, 0.25) is 0 Å². The number of anilines is 2. The molecule has 0 radical (unpaired) electrons. The summed E-state index contributed by atoms with van der Waals surface area (Å²) in [6.07, 6.45) is 0. The lowest BCUT2D eigenvalue weighted by atomic mass is 10.3. The lowest BCUT2D eigenvalue weighted by Crippen LogP contribution is -2.32. The molecule has 0 saturated carbocycles. The maximum atomic E-state index is 12.5. The van der Waals surface area contributed by atoms with Crippen LogP contribution >= 0.6 is 11.6 Å². The average Bonchev–Trinajstić information content (AvgIpc) is 2.97. The van der Waals surface area contributed by atoms with Gasteiger partial charge in [-0.1, -0.05) is 35.9 Å². The molecule has 0 aliphatic rings. The average molecular weight is 341 g/mol. The van der Waals surface area contributed by atoms with Gasteiger partial charge in [0.05, 0.1) is 11.4 Å². The minimum absolute atomic E-state index is 0.269. The standard InChI is InChI=1S/C18H17ClN4O/c1-13-11-17(23(21-13)16-9-4-3-5-10-16)22(2)18(24)20-15-8-6-7-14(19)12-15/h3-12H,1-2H3,(H,20,24). The summed E-state index contributed by atoms with van der Waals surface area (Å²) in [7, 11) is 1.70. The summed E-state index contributed by atoms with van der Waals surface area (Å²) in [4.78, 5) is 14.1. The van der Waals surface area contributed by atoms with Crippen molar-refractivity contribution < 1.29 is 4.79 Å². The summed E-state index contributed by atoms with van der Waals surface area (Å²) in [5.41, 5.74) is 2.36. The number of nitrogens with zero attached hydrogens (tertiary/aromatic N) is 3. The maximum Gasteiger partial charge on any atom is 0.327 e. The fourth-order valence-corrected chi connectivity index (χ4v) is 2.55. The van der Waals surface area contributed by atoms with Crippen LogP contribution in [-0.2, 0) is 0 Å². The Hall–Kier alpha value is -2.79. The number of para-hydroxylation sites is 1. The van der Waals surface area contributed by atoms with Crippen molar-refractivity contribution in [1.29, 1.82) is 0 Å². The van der Waals surface area contributed by atoms with Crippen LogP contribution in [0.1, 0.15) is 5.69 Å². The number of hydrogen-bond donors (Lipinski definition) is 1. The van der Waals surface area contributed by atoms with Gasteiger partial charge in [0.1, 0.15) is 5.82 Å². The SMILES string of the molecule is Cc1cc(N(C)C(=O)Nc2cccc(Cl)c2)n(-c2ccccc2)n1. The monoisotopic (exact) mass is 340 g/mol. The number of aromatic nitrogens is 2. The molecule has 0 bridgehead atoms. The Balaban J connectivity index is 1.87. The van der Waals surface area contributed by atoms with E-state index in [1.54, 1.807) is 36.0 Å². The Morgan fingerprint density at radius 3 is 2.58 bits per heavy atom. The van der Waals surface area contributed by atoms with Gasteiger partial charge in [-0.15, -0.1) is 0 Å². The van der Waals surface area contributed by atoms with Crippen molar-refractivity contribution in [1.82, 2.24) is 9.78 Å². The highest BCUT2D eigenvalue weighted by atomic mass is 35.5. The highest BCUT2D eigenvalue weighted by molar-refractivity contribution is 6.30. The van der Waals surface area contributed by atoms with Crippen LogP contribution in [-0.4, -0.2) is 22.9 Å². The third kappa shape index (κ3) is 3.41. The van der Waals surface area contributed by atoms with Crippen LogP contribution in [0.2, 0.25) is 5.02 Å². The zero-order valence-corrected chi connectivity index (χ0v) is 14.2. The summed E-state index contributed by atoms with van der Waals surface area (Å²) in [5, 5.41) is 7.88. The van der Waals surface area contributed by atoms with Crippen molar-refractivity contribution in [3.63, 3.8) is 0 Å². The lowest BCUT2D eigenvalue weighted by molar-refractivity contribution is 0.258. The first-order chi connectivity index (χ1) is 11.5. The molecule has 3 aromatic rings. The van der Waals surface area contributed by atoms with Crippen molar-refractivity contribution in [2.75, 3.05) is 17.3 Å². The van der Waals surface area contributed by atoms with Crippen molar-refractivity contribution in [3.8, 4) is 5.69 Å². The van der Waals surface area contributed by atoms with Gasteiger partial charge in [0.15, 0.2) is 0 Å². The lowest BCUT2D eigenvalue weighted by Gasteiger charge is -2.19. The minimum atomic E-state index is -0.269. The summed E-state index contributed by atoms with van der Waals surface area (Å²) < 4.78 is 1.74. The fraction of sp³-hybridized carbons (Fsp3) is 0.111. The highest BCUT2D eigenvalue weighted by Gasteiger charge is 2.17. The summed E-state index contributed by atoms with van der Waals surface area (Å²) in [6, 6.07) is 18.3. The molecule has 1 heterocycles. The van der Waals surface area contributed by atoms with Gasteiger partial charge in [-0.2, -0.15) is 5.10 Å². The Kier molecular flexibility index (Phi) is 4.53. The van der Waals surface area contributed by atoms with Crippen LogP contribution in [0.4, 0.5) is 16.3 Å². The molecular formula is C18H17ClN4O. The molecule has 0 unspecified atom stereocenters. The topological polar surface area (TPSA) is 50.2 Å². The smallest absolute Gasteiger partial charge is 0.307 e. The first-order valence-corrected chi connectivity index (χ1v) is 7.85. The van der Waals surface area contributed by atoms with E-state index in [0.717, 1.165) is 11.4 Å². The van der Waals surface area contributed by atoms with Crippen molar-refractivity contribution in [2.24, 2.45) is 0 Å². The third-order valence-corrected chi connectivity index (χ3v) is 3.77. The summed E-state index contributed by atoms with van der Waals surface area (Å²) >= 11 is 5.95. The molecule has 2 aromatic carbocycles. The molecule has 5 nitrogen and oxygen atoms in total. The quantitative estimate of drug-likeness (QED) is 0.763. The molecule has 24 heavy (non-hydrogen) atoms. The van der Waals surface area contributed by atoms with E-state index in [4.69, 9.17) is 11.6 Å². The van der Waals surface area contributed by atoms with Crippen LogP contribution in [0, 0.1) is 6.92 Å². The van der Waals surface area contributed by atoms with Crippen molar-refractivity contribution in [3.05, 3.63) is 71.4 Å². The van der Waals surface area contributed by atoms with Gasteiger partial charge in [-0.05, 0) is 37.3 Å². The van der Waals surface area contributed by atoms with E-state index in [0.29, 0.717) is 16.5 Å². The number of aryl methyl sites for hydroxylation is 1. The predicted octanol–water partition coefficient (Wildman–Crippen LogP) is 4.50. The minimum Gasteiger partial charge on any atom is -0.307 e. The Morgan fingerprint density at radius 2 is 1.88 bits per heavy atom. The molecule has 3 rings (SSSR count). The van der Waals surface area contributed by atoms with E-state index in [9.17, 15) is 4.79 Å². The second kappa shape index (κ2) is 6.76. The predicted molar refractivity (Wildman–Crippen MR) is 97.2 cm³/mol. The van der Waals surface area contributed by atoms with Crippen LogP contribution < -0.4 is 10.2 Å². The molecule has 0 saturated heterocycles. The molecule has 0 aliphatic carbocycles. The van der Waals surface area contributed by atoms with Crippen LogP contribution in [0.25, 0.3) is 5.69 Å². The van der Waals surface area contributed by atoms with E-state index in [2.05, 4.69) is 10.4 Å². The summed E-state index contributed by atoms with van der Waals surface area (Å²) in [5.74, 6) is 0.679. The number of urea groups is 1. The number of nitrogens with one attached hydrogen (secondary N) is 1. The number of halogens is 1. The molecule has 0 spiro atoms. The van der Waals surface area contributed by atoms with E-state index in [-0.39, 0.29) is 6.03 Å². The second-order valence-corrected chi connectivity index (χ2v) is 5.83. The normalized spacial score (nSPS) is 10.5. The third-order valence-electron chi connectivity index (χ3n) is 3.54. The Morgan fingerprint density at radius 1 is 1.12 bits per heavy atom. The van der Waals surface area contributed by atoms with Crippen molar-refractivity contribution >= 4 is 29.1 Å². The number of carbonyl (C=O) groups excluding carboxylic acids is 1. The zero-order valence-electron chi connectivity index (χ0n) is 13.4. The Bertz CT molecular complexity index is 860. The van der Waals surface area contributed by atoms with E-state index < -0.39 is 0 Å². The molecule has 0 atom stereocenters. The maximum absolute atomic E-state index is 12.5. The second-order valence-electron chi connectivity index (χ2n) is 5.39. The number of amides is 2. The number of hydrogen-bond acceptors (Lipinski definition) is 2. The van der Waals surface area contributed by atoms with Gasteiger partial charge in [-0.25, -0.2) is 9.48 Å². The van der Waals surface area contributed by atoms with Gasteiger partial charge in [0, 0.05) is 23.8 Å². The van der Waals surface area contributed by atoms with Gasteiger partial charge in [-0.3, -0.25) is 4.90 Å². The fourth-order valence-electron chi connectivity index (χ4n) is 2.36. The first kappa shape index (κ1) is 16.1. The molecule has 122 valence electrons. The van der Waals surface area contributed by atoms with Crippen molar-refractivity contribution in [2.45, 2.75) is 6.92 Å². The molecule has 1 aromatic heterocycles. The number of carbonyl (C=O) groups is 1. The molecule has 6 heteroatoms. The van der Waals surface area contributed by atoms with E-state index >= 15 is 0 Å². The molecule has 2 amide bonds. The van der Waals surface area contributed by atoms with Gasteiger partial charge in [0.25, 0.3) is 0 Å². The van der Waals surface area contributed by atoms with Crippen LogP contribution in [0.5, 0.6) is 0 Å². The molecule has 1 N–H and O–H groups in total. The number of benzene rings is 2. The largest absolute Gasteiger partial charge is 0.327 e. The molecular weight excluding hydrogens is 324 g/mol. The highest BCUT2D eigenvalue weighted by Crippen LogP contribution is 2.21. The first-order valence-electron chi connectivity index (χ1n) is 7.47. The van der Waals surface area contributed by atoms with Gasteiger partial charge < -0.3 is 5.32 Å². The van der Waals surface area contributed by atoms with Gasteiger partial charge >= 0.3 is 6.03 Å². The van der Waals surface area contributed by atoms with Crippen LogP contribution in [0.15, 0.2) is 60.7 Å². The van der Waals surface area contributed by atoms with Crippen LogP contribution in [0.3, 0.4) is 0 Å². The Labute approximate surface area is 145 Å². The van der Waals surface area contributed by atoms with E-state index in [1.807, 2.05) is 43.3 Å². The molecule has 0 aliphatic heterocycles.